The van der Waals surface area contributed by atoms with Crippen LogP contribution < -0.4 is 5.73 Å². The van der Waals surface area contributed by atoms with E-state index in [0.717, 1.165) is 25.0 Å². The maximum absolute atomic E-state index is 11.0. The van der Waals surface area contributed by atoms with Gasteiger partial charge in [-0.2, -0.15) is 0 Å². The number of benzene rings is 1. The minimum atomic E-state index is -4.01. The smallest absolute Gasteiger partial charge is 0.325 e. The predicted octanol–water partition coefficient (Wildman–Crippen LogP) is 3.87. The van der Waals surface area contributed by atoms with Gasteiger partial charge in [0, 0.05) is 18.4 Å². The van der Waals surface area contributed by atoms with E-state index in [1.807, 2.05) is 30.3 Å². The van der Waals surface area contributed by atoms with Gasteiger partial charge in [-0.3, -0.25) is 4.57 Å². The van der Waals surface area contributed by atoms with E-state index < -0.39 is 13.1 Å². The van der Waals surface area contributed by atoms with Crippen molar-refractivity contribution in [3.8, 4) is 11.8 Å². The van der Waals surface area contributed by atoms with Crippen LogP contribution in [0.25, 0.3) is 0 Å². The molecule has 146 valence electrons. The molecule has 5 nitrogen and oxygen atoms in total. The van der Waals surface area contributed by atoms with Crippen LogP contribution in [0.3, 0.4) is 0 Å². The Hall–Kier alpha value is -1.83. The lowest BCUT2D eigenvalue weighted by Gasteiger charge is -2.24. The summed E-state index contributed by atoms with van der Waals surface area (Å²) in [5, 5.41) is 0. The lowest BCUT2D eigenvalue weighted by Crippen LogP contribution is -2.37. The zero-order valence-electron chi connectivity index (χ0n) is 15.7. The second-order valence-electron chi connectivity index (χ2n) is 7.20. The fourth-order valence-corrected chi connectivity index (χ4v) is 3.49. The molecule has 0 spiro atoms. The fraction of sp³-hybridized carbons (Fsp3) is 0.429. The van der Waals surface area contributed by atoms with Crippen LogP contribution in [0.4, 0.5) is 0 Å². The summed E-state index contributed by atoms with van der Waals surface area (Å²) in [6.07, 6.45) is 4.12. The minimum Gasteiger partial charge on any atom is -0.453 e. The van der Waals surface area contributed by atoms with Crippen LogP contribution in [0.2, 0.25) is 0 Å². The van der Waals surface area contributed by atoms with Crippen LogP contribution in [0.1, 0.15) is 49.7 Å². The van der Waals surface area contributed by atoms with E-state index in [0.29, 0.717) is 18.6 Å². The monoisotopic (exact) mass is 389 g/mol. The summed E-state index contributed by atoms with van der Waals surface area (Å²) in [7, 11) is -4.01. The molecule has 2 rings (SSSR count). The first-order valence-corrected chi connectivity index (χ1v) is 11.0. The predicted molar refractivity (Wildman–Crippen MR) is 107 cm³/mol. The molecule has 1 aromatic heterocycles. The molecule has 1 heterocycles. The van der Waals surface area contributed by atoms with Crippen molar-refractivity contribution in [2.24, 2.45) is 5.73 Å². The van der Waals surface area contributed by atoms with Gasteiger partial charge in [0.15, 0.2) is 5.76 Å². The van der Waals surface area contributed by atoms with E-state index >= 15 is 0 Å². The van der Waals surface area contributed by atoms with Gasteiger partial charge in [0.2, 0.25) is 0 Å². The van der Waals surface area contributed by atoms with Crippen molar-refractivity contribution in [2.75, 3.05) is 6.16 Å². The molecule has 4 N–H and O–H groups in total. The molecule has 0 aliphatic carbocycles. The van der Waals surface area contributed by atoms with Crippen LogP contribution in [0.15, 0.2) is 46.9 Å². The number of rotatable bonds is 9. The van der Waals surface area contributed by atoms with Crippen LogP contribution in [-0.2, 0) is 17.4 Å². The maximum atomic E-state index is 11.0. The van der Waals surface area contributed by atoms with Gasteiger partial charge in [-0.15, -0.1) is 0 Å². The molecule has 0 aliphatic heterocycles. The van der Waals surface area contributed by atoms with Crippen molar-refractivity contribution >= 4 is 7.60 Å². The second kappa shape index (κ2) is 9.92. The third-order valence-corrected chi connectivity index (χ3v) is 5.21. The lowest BCUT2D eigenvalue weighted by molar-refractivity contribution is 0.350. The van der Waals surface area contributed by atoms with Crippen LogP contribution in [-0.4, -0.2) is 21.5 Å². The van der Waals surface area contributed by atoms with Gasteiger partial charge in [0.05, 0.1) is 6.16 Å². The topological polar surface area (TPSA) is 96.7 Å². The number of aryl methyl sites for hydroxylation is 2. The number of nitrogens with two attached hydrogens (primary N) is 1. The lowest BCUT2D eigenvalue weighted by atomic mass is 9.93. The van der Waals surface area contributed by atoms with Gasteiger partial charge in [-0.25, -0.2) is 0 Å². The molecule has 27 heavy (non-hydrogen) atoms. The van der Waals surface area contributed by atoms with Crippen LogP contribution in [0, 0.1) is 11.8 Å². The third-order valence-electron chi connectivity index (χ3n) is 4.40. The van der Waals surface area contributed by atoms with Crippen LogP contribution >= 0.6 is 7.60 Å². The molecule has 6 heteroatoms. The summed E-state index contributed by atoms with van der Waals surface area (Å²) in [4.78, 5) is 18.0. The molecule has 1 aromatic carbocycles. The second-order valence-corrected chi connectivity index (χ2v) is 8.98. The zero-order valence-corrected chi connectivity index (χ0v) is 16.6. The highest BCUT2D eigenvalue weighted by molar-refractivity contribution is 7.51. The van der Waals surface area contributed by atoms with E-state index in [1.165, 1.54) is 5.56 Å². The quantitative estimate of drug-likeness (QED) is 0.344. The SMILES string of the molecule is CC(N)(CCc1ccc(C#CCCCc2ccccc2)o1)CCP(=O)(O)O. The molecular formula is C21H28NO4P. The molecule has 0 radical (unpaired) electrons. The molecular weight excluding hydrogens is 361 g/mol. The maximum Gasteiger partial charge on any atom is 0.325 e. The number of hydrogen-bond acceptors (Lipinski definition) is 3. The largest absolute Gasteiger partial charge is 0.453 e. The normalized spacial score (nSPS) is 13.6. The Labute approximate surface area is 161 Å². The minimum absolute atomic E-state index is 0.197. The molecule has 0 saturated carbocycles. The van der Waals surface area contributed by atoms with Crippen molar-refractivity contribution in [1.29, 1.82) is 0 Å². The van der Waals surface area contributed by atoms with Crippen molar-refractivity contribution < 1.29 is 18.8 Å². The van der Waals surface area contributed by atoms with Gasteiger partial charge in [0.1, 0.15) is 5.76 Å². The van der Waals surface area contributed by atoms with E-state index in [4.69, 9.17) is 19.9 Å². The Morgan fingerprint density at radius 1 is 1.11 bits per heavy atom. The molecule has 0 aliphatic rings. The highest BCUT2D eigenvalue weighted by atomic mass is 31.2. The summed E-state index contributed by atoms with van der Waals surface area (Å²) in [6, 6.07) is 14.1. The summed E-state index contributed by atoms with van der Waals surface area (Å²) in [5.41, 5.74) is 6.81. The fourth-order valence-electron chi connectivity index (χ4n) is 2.69. The summed E-state index contributed by atoms with van der Waals surface area (Å²) in [6.45, 7) is 1.80. The molecule has 2 aromatic rings. The molecule has 0 amide bonds. The van der Waals surface area contributed by atoms with Gasteiger partial charge in [-0.1, -0.05) is 36.3 Å². The molecule has 0 fully saturated rings. The van der Waals surface area contributed by atoms with Crippen molar-refractivity contribution in [1.82, 2.24) is 0 Å². The summed E-state index contributed by atoms with van der Waals surface area (Å²) < 4.78 is 16.7. The molecule has 1 atom stereocenters. The number of furan rings is 1. The first-order chi connectivity index (χ1) is 12.7. The van der Waals surface area contributed by atoms with Gasteiger partial charge in [0.25, 0.3) is 0 Å². The van der Waals surface area contributed by atoms with E-state index in [1.54, 1.807) is 6.92 Å². The average molecular weight is 389 g/mol. The standard InChI is InChI=1S/C21H28NO4P/c1-21(22,16-17-27(23,24)25)15-14-20-13-12-19(26-20)11-7-3-6-10-18-8-4-2-5-9-18/h2,4-5,8-9,12-13H,3,6,10,14-17,22H2,1H3,(H2,23,24,25). The average Bonchev–Trinajstić information content (AvgIpc) is 3.07. The van der Waals surface area contributed by atoms with E-state index in [2.05, 4.69) is 24.0 Å². The molecule has 0 bridgehead atoms. The van der Waals surface area contributed by atoms with Crippen LogP contribution in [0.5, 0.6) is 0 Å². The van der Waals surface area contributed by atoms with E-state index in [-0.39, 0.29) is 12.6 Å². The van der Waals surface area contributed by atoms with Crippen molar-refractivity contribution in [2.45, 2.75) is 51.0 Å². The van der Waals surface area contributed by atoms with Crippen molar-refractivity contribution in [3.63, 3.8) is 0 Å². The Morgan fingerprint density at radius 3 is 2.56 bits per heavy atom. The molecule has 0 saturated heterocycles. The third kappa shape index (κ3) is 9.08. The first-order valence-electron chi connectivity index (χ1n) is 9.18. The van der Waals surface area contributed by atoms with Gasteiger partial charge in [-0.05, 0) is 56.2 Å². The Kier molecular flexibility index (Phi) is 7.89. The molecule has 1 unspecified atom stereocenters. The highest BCUT2D eigenvalue weighted by Gasteiger charge is 2.24. The summed E-state index contributed by atoms with van der Waals surface area (Å²) >= 11 is 0. The van der Waals surface area contributed by atoms with Gasteiger partial charge < -0.3 is 19.9 Å². The Balaban J connectivity index is 1.74. The van der Waals surface area contributed by atoms with Crippen molar-refractivity contribution in [3.05, 3.63) is 59.5 Å². The Bertz CT molecular complexity index is 811. The first kappa shape index (κ1) is 21.5. The zero-order chi connectivity index (χ0) is 19.8. The summed E-state index contributed by atoms with van der Waals surface area (Å²) in [5.74, 6) is 7.61. The van der Waals surface area contributed by atoms with E-state index in [9.17, 15) is 4.57 Å². The number of hydrogen-bond donors (Lipinski definition) is 3. The Morgan fingerprint density at radius 2 is 1.85 bits per heavy atom. The number of unbranched alkanes of at least 4 members (excludes halogenated alkanes) is 1. The van der Waals surface area contributed by atoms with Gasteiger partial charge >= 0.3 is 7.60 Å². The highest BCUT2D eigenvalue weighted by Crippen LogP contribution is 2.37.